The van der Waals surface area contributed by atoms with Gasteiger partial charge in [0.2, 0.25) is 0 Å². The van der Waals surface area contributed by atoms with E-state index in [4.69, 9.17) is 14.2 Å². The molecule has 0 saturated heterocycles. The summed E-state index contributed by atoms with van der Waals surface area (Å²) in [4.78, 5) is 24.6. The Bertz CT molecular complexity index is 746. The average Bonchev–Trinajstić information content (AvgIpc) is 2.68. The lowest BCUT2D eigenvalue weighted by molar-refractivity contribution is -0.153. The number of methoxy groups -OCH3 is 2. The highest BCUT2D eigenvalue weighted by Gasteiger charge is 2.46. The number of benzene rings is 1. The van der Waals surface area contributed by atoms with Crippen molar-refractivity contribution in [1.29, 1.82) is 0 Å². The van der Waals surface area contributed by atoms with Crippen LogP contribution in [0.4, 0.5) is 0 Å². The van der Waals surface area contributed by atoms with E-state index in [-0.39, 0.29) is 29.7 Å². The Hall–Kier alpha value is -2.30. The highest BCUT2D eigenvalue weighted by molar-refractivity contribution is 5.80. The first-order valence-electron chi connectivity index (χ1n) is 10.2. The summed E-state index contributed by atoms with van der Waals surface area (Å²) in [6, 6.07) is 5.85. The Morgan fingerprint density at radius 3 is 2.59 bits per heavy atom. The first kappa shape index (κ1) is 23.0. The molecule has 0 aliphatic heterocycles. The van der Waals surface area contributed by atoms with Crippen LogP contribution in [-0.2, 0) is 19.7 Å². The number of hydrogen-bond donors (Lipinski definition) is 0. The third-order valence-corrected chi connectivity index (χ3v) is 5.89. The van der Waals surface area contributed by atoms with Crippen LogP contribution in [0.2, 0.25) is 0 Å². The summed E-state index contributed by atoms with van der Waals surface area (Å²) < 4.78 is 16.9. The zero-order valence-electron chi connectivity index (χ0n) is 18.4. The van der Waals surface area contributed by atoms with Gasteiger partial charge in [0, 0.05) is 23.8 Å². The summed E-state index contributed by atoms with van der Waals surface area (Å²) in [5.74, 6) is 1.44. The molecule has 1 aromatic rings. The summed E-state index contributed by atoms with van der Waals surface area (Å²) in [6.45, 7) is 9.72. The highest BCUT2D eigenvalue weighted by atomic mass is 16.5. The number of ether oxygens (including phenoxy) is 3. The quantitative estimate of drug-likeness (QED) is 0.459. The second kappa shape index (κ2) is 9.47. The van der Waals surface area contributed by atoms with E-state index >= 15 is 0 Å². The Balaban J connectivity index is 2.47. The Morgan fingerprint density at radius 2 is 2.00 bits per heavy atom. The summed E-state index contributed by atoms with van der Waals surface area (Å²) in [7, 11) is 3.25. The molecule has 0 radical (unpaired) electrons. The van der Waals surface area contributed by atoms with E-state index in [0.29, 0.717) is 43.6 Å². The van der Waals surface area contributed by atoms with Gasteiger partial charge < -0.3 is 14.2 Å². The van der Waals surface area contributed by atoms with Crippen LogP contribution in [0, 0.1) is 11.3 Å². The van der Waals surface area contributed by atoms with E-state index in [0.717, 1.165) is 5.56 Å². The van der Waals surface area contributed by atoms with Crippen molar-refractivity contribution >= 4 is 11.8 Å². The molecule has 0 heterocycles. The van der Waals surface area contributed by atoms with Crippen LogP contribution in [0.15, 0.2) is 30.9 Å². The smallest absolute Gasteiger partial charge is 0.311 e. The van der Waals surface area contributed by atoms with Crippen LogP contribution < -0.4 is 9.47 Å². The highest BCUT2D eigenvalue weighted by Crippen LogP contribution is 2.51. The predicted molar refractivity (Wildman–Crippen MR) is 113 cm³/mol. The minimum Gasteiger partial charge on any atom is -0.493 e. The van der Waals surface area contributed by atoms with Gasteiger partial charge in [0.25, 0.3) is 0 Å². The van der Waals surface area contributed by atoms with Crippen LogP contribution in [0.3, 0.4) is 0 Å². The van der Waals surface area contributed by atoms with Crippen molar-refractivity contribution < 1.29 is 23.8 Å². The lowest BCUT2D eigenvalue weighted by atomic mass is 9.59. The minimum absolute atomic E-state index is 0.0654. The molecule has 2 rings (SSSR count). The standard InChI is InChI=1S/C24H34O5/c1-7-9-17-16-18(25)12-13-24(17,14-15-29-22(26)23(2,3)4)19-10-8-11-20(27-5)21(19)28-6/h7-8,10-11,17H,1,9,12-16H2,2-6H3/t17-,24-/m1/s1. The number of allylic oxidation sites excluding steroid dienone is 1. The fourth-order valence-electron chi connectivity index (χ4n) is 4.29. The molecule has 1 aliphatic carbocycles. The van der Waals surface area contributed by atoms with Gasteiger partial charge in [-0.15, -0.1) is 6.58 Å². The normalized spacial score (nSPS) is 22.1. The zero-order valence-corrected chi connectivity index (χ0v) is 18.4. The molecule has 1 fully saturated rings. The average molecular weight is 403 g/mol. The number of rotatable bonds is 8. The fourth-order valence-corrected chi connectivity index (χ4v) is 4.29. The van der Waals surface area contributed by atoms with E-state index in [1.807, 2.05) is 45.0 Å². The van der Waals surface area contributed by atoms with Gasteiger partial charge in [0.15, 0.2) is 11.5 Å². The van der Waals surface area contributed by atoms with Crippen molar-refractivity contribution in [2.75, 3.05) is 20.8 Å². The molecule has 1 aliphatic rings. The van der Waals surface area contributed by atoms with Crippen LogP contribution in [0.25, 0.3) is 0 Å². The maximum Gasteiger partial charge on any atom is 0.311 e. The molecule has 29 heavy (non-hydrogen) atoms. The molecule has 0 amide bonds. The fraction of sp³-hybridized carbons (Fsp3) is 0.583. The summed E-state index contributed by atoms with van der Waals surface area (Å²) in [6.07, 6.45) is 4.86. The second-order valence-corrected chi connectivity index (χ2v) is 8.80. The van der Waals surface area contributed by atoms with Gasteiger partial charge in [-0.1, -0.05) is 18.2 Å². The summed E-state index contributed by atoms with van der Waals surface area (Å²) >= 11 is 0. The van der Waals surface area contributed by atoms with Crippen LogP contribution in [0.1, 0.15) is 58.4 Å². The van der Waals surface area contributed by atoms with Gasteiger partial charge in [-0.3, -0.25) is 9.59 Å². The zero-order chi connectivity index (χ0) is 21.7. The van der Waals surface area contributed by atoms with Gasteiger partial charge in [-0.05, 0) is 52.0 Å². The Labute approximate surface area is 174 Å². The molecule has 2 atom stereocenters. The molecular weight excluding hydrogens is 368 g/mol. The molecule has 0 aromatic heterocycles. The molecule has 1 saturated carbocycles. The first-order valence-corrected chi connectivity index (χ1v) is 10.2. The lowest BCUT2D eigenvalue weighted by Crippen LogP contribution is -2.42. The van der Waals surface area contributed by atoms with Crippen molar-refractivity contribution in [3.05, 3.63) is 36.4 Å². The maximum atomic E-state index is 12.3. The van der Waals surface area contributed by atoms with E-state index in [1.54, 1.807) is 14.2 Å². The summed E-state index contributed by atoms with van der Waals surface area (Å²) in [5.41, 5.74) is 0.0924. The Kier molecular flexibility index (Phi) is 7.50. The molecule has 0 N–H and O–H groups in total. The topological polar surface area (TPSA) is 61.8 Å². The molecule has 0 unspecified atom stereocenters. The number of hydrogen-bond acceptors (Lipinski definition) is 5. The number of carbonyl (C=O) groups is 2. The van der Waals surface area contributed by atoms with Crippen molar-refractivity contribution in [1.82, 2.24) is 0 Å². The second-order valence-electron chi connectivity index (χ2n) is 8.80. The van der Waals surface area contributed by atoms with E-state index in [1.165, 1.54) is 0 Å². The number of ketones is 1. The van der Waals surface area contributed by atoms with Crippen molar-refractivity contribution in [2.45, 2.75) is 58.3 Å². The largest absolute Gasteiger partial charge is 0.493 e. The van der Waals surface area contributed by atoms with Gasteiger partial charge in [-0.2, -0.15) is 0 Å². The molecule has 160 valence electrons. The third-order valence-electron chi connectivity index (χ3n) is 5.89. The van der Waals surface area contributed by atoms with Crippen LogP contribution in [-0.4, -0.2) is 32.6 Å². The van der Waals surface area contributed by atoms with E-state index < -0.39 is 5.41 Å². The molecule has 0 bridgehead atoms. The van der Waals surface area contributed by atoms with E-state index in [2.05, 4.69) is 6.58 Å². The molecule has 5 nitrogen and oxygen atoms in total. The van der Waals surface area contributed by atoms with E-state index in [9.17, 15) is 9.59 Å². The molecule has 0 spiro atoms. The summed E-state index contributed by atoms with van der Waals surface area (Å²) in [5, 5.41) is 0. The number of para-hydroxylation sites is 1. The molecule has 5 heteroatoms. The molecule has 1 aromatic carbocycles. The monoisotopic (exact) mass is 402 g/mol. The number of Topliss-reactive ketones (excluding diaryl/α,β-unsaturated/α-hetero) is 1. The number of carbonyl (C=O) groups excluding carboxylic acids is 2. The van der Waals surface area contributed by atoms with Crippen molar-refractivity contribution in [2.24, 2.45) is 11.3 Å². The third kappa shape index (κ3) is 5.01. The molecular formula is C24H34O5. The minimum atomic E-state index is -0.552. The maximum absolute atomic E-state index is 12.3. The predicted octanol–water partition coefficient (Wildman–Crippen LogP) is 4.87. The van der Waals surface area contributed by atoms with Crippen molar-refractivity contribution in [3.8, 4) is 11.5 Å². The van der Waals surface area contributed by atoms with Gasteiger partial charge in [-0.25, -0.2) is 0 Å². The van der Waals surface area contributed by atoms with Crippen molar-refractivity contribution in [3.63, 3.8) is 0 Å². The Morgan fingerprint density at radius 1 is 1.28 bits per heavy atom. The van der Waals surface area contributed by atoms with Crippen LogP contribution >= 0.6 is 0 Å². The SMILES string of the molecule is C=CC[C@@H]1CC(=O)CC[C@]1(CCOC(=O)C(C)(C)C)c1cccc(OC)c1OC. The van der Waals surface area contributed by atoms with Gasteiger partial charge in [0.05, 0.1) is 26.2 Å². The van der Waals surface area contributed by atoms with Gasteiger partial charge in [0.1, 0.15) is 5.78 Å². The first-order chi connectivity index (χ1) is 13.7. The lowest BCUT2D eigenvalue weighted by Gasteiger charge is -2.45. The number of esters is 1. The van der Waals surface area contributed by atoms with Crippen LogP contribution in [0.5, 0.6) is 11.5 Å². The van der Waals surface area contributed by atoms with Gasteiger partial charge >= 0.3 is 5.97 Å².